The number of benzene rings is 1. The number of carbonyl (C=O) groups is 1. The number of urea groups is 1. The van der Waals surface area contributed by atoms with Crippen LogP contribution in [0, 0.1) is 0 Å². The summed E-state index contributed by atoms with van der Waals surface area (Å²) in [6.45, 7) is 2.34. The highest BCUT2D eigenvalue weighted by atomic mass is 16.5. The van der Waals surface area contributed by atoms with Crippen LogP contribution < -0.4 is 19.5 Å². The number of hydrogen-bond donors (Lipinski definition) is 2. The number of rotatable bonds is 8. The summed E-state index contributed by atoms with van der Waals surface area (Å²) in [5, 5.41) is 12.9. The molecule has 1 aromatic rings. The maximum absolute atomic E-state index is 11.9. The number of ether oxygens (including phenoxy) is 3. The third-order valence-corrected chi connectivity index (χ3v) is 3.12. The highest BCUT2D eigenvalue weighted by Gasteiger charge is 2.16. The fraction of sp³-hybridized carbons (Fsp3) is 0.533. The van der Waals surface area contributed by atoms with Gasteiger partial charge in [0.2, 0.25) is 5.75 Å². The molecule has 0 aliphatic rings. The number of nitrogens with one attached hydrogen (secondary N) is 1. The zero-order chi connectivity index (χ0) is 16.5. The van der Waals surface area contributed by atoms with Crippen LogP contribution >= 0.6 is 0 Å². The van der Waals surface area contributed by atoms with Crippen molar-refractivity contribution in [3.63, 3.8) is 0 Å². The fourth-order valence-corrected chi connectivity index (χ4v) is 1.95. The molecule has 0 saturated carbocycles. The van der Waals surface area contributed by atoms with Crippen LogP contribution in [0.25, 0.3) is 0 Å². The SMILES string of the molecule is CCCCCN(O)C(=O)Nc1cc(OC)c(OC)c(OC)c1. The van der Waals surface area contributed by atoms with Gasteiger partial charge in [-0.05, 0) is 6.42 Å². The Morgan fingerprint density at radius 2 is 1.73 bits per heavy atom. The topological polar surface area (TPSA) is 80.3 Å². The third kappa shape index (κ3) is 4.70. The smallest absolute Gasteiger partial charge is 0.345 e. The molecule has 0 spiro atoms. The van der Waals surface area contributed by atoms with Gasteiger partial charge in [-0.15, -0.1) is 0 Å². The van der Waals surface area contributed by atoms with Gasteiger partial charge in [-0.3, -0.25) is 5.21 Å². The first-order valence-corrected chi connectivity index (χ1v) is 7.14. The molecule has 0 atom stereocenters. The van der Waals surface area contributed by atoms with Crippen molar-refractivity contribution < 1.29 is 24.2 Å². The summed E-state index contributed by atoms with van der Waals surface area (Å²) in [7, 11) is 4.49. The maximum atomic E-state index is 11.9. The van der Waals surface area contributed by atoms with Gasteiger partial charge in [0, 0.05) is 12.1 Å². The first-order valence-electron chi connectivity index (χ1n) is 7.14. The van der Waals surface area contributed by atoms with E-state index in [1.165, 1.54) is 21.3 Å². The van der Waals surface area contributed by atoms with Crippen molar-refractivity contribution >= 4 is 11.7 Å². The van der Waals surface area contributed by atoms with Gasteiger partial charge < -0.3 is 19.5 Å². The number of carbonyl (C=O) groups excluding carboxylic acids is 1. The van der Waals surface area contributed by atoms with Crippen molar-refractivity contribution in [1.29, 1.82) is 0 Å². The maximum Gasteiger partial charge on any atom is 0.345 e. The monoisotopic (exact) mass is 312 g/mol. The molecule has 2 N–H and O–H groups in total. The van der Waals surface area contributed by atoms with Crippen molar-refractivity contribution in [3.05, 3.63) is 12.1 Å². The highest BCUT2D eigenvalue weighted by Crippen LogP contribution is 2.39. The van der Waals surface area contributed by atoms with Crippen molar-refractivity contribution in [1.82, 2.24) is 5.06 Å². The van der Waals surface area contributed by atoms with Crippen LogP contribution in [0.15, 0.2) is 12.1 Å². The van der Waals surface area contributed by atoms with E-state index < -0.39 is 6.03 Å². The minimum absolute atomic E-state index is 0.282. The number of anilines is 1. The average Bonchev–Trinajstić information content (AvgIpc) is 2.53. The molecule has 0 aliphatic heterocycles. The Morgan fingerprint density at radius 1 is 1.14 bits per heavy atom. The summed E-state index contributed by atoms with van der Waals surface area (Å²) >= 11 is 0. The number of hydrogen-bond acceptors (Lipinski definition) is 5. The van der Waals surface area contributed by atoms with Gasteiger partial charge in [0.1, 0.15) is 0 Å². The van der Waals surface area contributed by atoms with Crippen LogP contribution in [0.1, 0.15) is 26.2 Å². The molecule has 0 aliphatic carbocycles. The molecule has 0 bridgehead atoms. The zero-order valence-corrected chi connectivity index (χ0v) is 13.5. The van der Waals surface area contributed by atoms with Gasteiger partial charge in [-0.1, -0.05) is 19.8 Å². The van der Waals surface area contributed by atoms with Crippen LogP contribution in [0.2, 0.25) is 0 Å². The summed E-state index contributed by atoms with van der Waals surface area (Å²) in [5.41, 5.74) is 0.439. The lowest BCUT2D eigenvalue weighted by Gasteiger charge is -2.18. The molecule has 0 aromatic heterocycles. The van der Waals surface area contributed by atoms with Gasteiger partial charge in [0.05, 0.1) is 33.6 Å². The number of hydroxylamine groups is 2. The van der Waals surface area contributed by atoms with E-state index >= 15 is 0 Å². The molecule has 0 unspecified atom stereocenters. The number of amides is 2. The molecule has 1 aromatic carbocycles. The molecule has 0 fully saturated rings. The highest BCUT2D eigenvalue weighted by molar-refractivity contribution is 5.89. The molecule has 7 nitrogen and oxygen atoms in total. The van der Waals surface area contributed by atoms with E-state index in [2.05, 4.69) is 12.2 Å². The van der Waals surface area contributed by atoms with Crippen molar-refractivity contribution in [2.45, 2.75) is 26.2 Å². The molecule has 0 radical (unpaired) electrons. The first-order chi connectivity index (χ1) is 10.6. The van der Waals surface area contributed by atoms with E-state index in [1.54, 1.807) is 12.1 Å². The predicted molar refractivity (Wildman–Crippen MR) is 83.1 cm³/mol. The second-order valence-corrected chi connectivity index (χ2v) is 4.67. The lowest BCUT2D eigenvalue weighted by atomic mass is 10.2. The van der Waals surface area contributed by atoms with Gasteiger partial charge in [0.15, 0.2) is 11.5 Å². The fourth-order valence-electron chi connectivity index (χ4n) is 1.95. The standard InChI is InChI=1S/C15H24N2O5/c1-5-6-7-8-17(19)15(18)16-11-9-12(20-2)14(22-4)13(10-11)21-3/h9-10,19H,5-8H2,1-4H3,(H,16,18). The number of nitrogens with zero attached hydrogens (tertiary/aromatic N) is 1. The Bertz CT molecular complexity index is 468. The molecule has 1 rings (SSSR count). The molecular weight excluding hydrogens is 288 g/mol. The van der Waals surface area contributed by atoms with Gasteiger partial charge in [0.25, 0.3) is 0 Å². The Hall–Kier alpha value is -2.15. The Balaban J connectivity index is 2.82. The second-order valence-electron chi connectivity index (χ2n) is 4.67. The summed E-state index contributed by atoms with van der Waals surface area (Å²) in [6.07, 6.45) is 2.71. The van der Waals surface area contributed by atoms with E-state index in [-0.39, 0.29) is 6.54 Å². The predicted octanol–water partition coefficient (Wildman–Crippen LogP) is 3.13. The minimum Gasteiger partial charge on any atom is -0.493 e. The zero-order valence-electron chi connectivity index (χ0n) is 13.5. The minimum atomic E-state index is -0.606. The van der Waals surface area contributed by atoms with Gasteiger partial charge >= 0.3 is 6.03 Å². The van der Waals surface area contributed by atoms with E-state index in [4.69, 9.17) is 14.2 Å². The lowest BCUT2D eigenvalue weighted by molar-refractivity contribution is -0.0381. The molecule has 0 heterocycles. The Morgan fingerprint density at radius 3 is 2.18 bits per heavy atom. The van der Waals surface area contributed by atoms with Crippen molar-refractivity contribution in [2.24, 2.45) is 0 Å². The summed E-state index contributed by atoms with van der Waals surface area (Å²) in [5.74, 6) is 1.28. The molecule has 0 saturated heterocycles. The van der Waals surface area contributed by atoms with Crippen LogP contribution in [0.3, 0.4) is 0 Å². The third-order valence-electron chi connectivity index (χ3n) is 3.12. The second kappa shape index (κ2) is 8.99. The lowest BCUT2D eigenvalue weighted by Crippen LogP contribution is -2.32. The Kier molecular flexibility index (Phi) is 7.31. The number of unbranched alkanes of at least 4 members (excludes halogenated alkanes) is 2. The molecule has 2 amide bonds. The molecule has 7 heteroatoms. The van der Waals surface area contributed by atoms with E-state index in [0.717, 1.165) is 19.3 Å². The quantitative estimate of drug-likeness (QED) is 0.438. The van der Waals surface area contributed by atoms with Crippen molar-refractivity contribution in [3.8, 4) is 17.2 Å². The van der Waals surface area contributed by atoms with Crippen LogP contribution in [0.4, 0.5) is 10.5 Å². The van der Waals surface area contributed by atoms with Crippen LogP contribution in [0.5, 0.6) is 17.2 Å². The van der Waals surface area contributed by atoms with Crippen LogP contribution in [-0.4, -0.2) is 44.2 Å². The van der Waals surface area contributed by atoms with Crippen molar-refractivity contribution in [2.75, 3.05) is 33.2 Å². The molecule has 22 heavy (non-hydrogen) atoms. The largest absolute Gasteiger partial charge is 0.493 e. The summed E-state index contributed by atoms with van der Waals surface area (Å²) in [6, 6.07) is 2.59. The Labute approximate surface area is 130 Å². The summed E-state index contributed by atoms with van der Waals surface area (Å²) < 4.78 is 15.6. The number of methoxy groups -OCH3 is 3. The van der Waals surface area contributed by atoms with E-state index in [0.29, 0.717) is 28.0 Å². The van der Waals surface area contributed by atoms with E-state index in [1.807, 2.05) is 0 Å². The summed E-state index contributed by atoms with van der Waals surface area (Å²) in [4.78, 5) is 11.9. The average molecular weight is 312 g/mol. The van der Waals surface area contributed by atoms with E-state index in [9.17, 15) is 10.0 Å². The van der Waals surface area contributed by atoms with Gasteiger partial charge in [-0.25, -0.2) is 9.86 Å². The van der Waals surface area contributed by atoms with Crippen LogP contribution in [-0.2, 0) is 0 Å². The molecule has 124 valence electrons. The normalized spacial score (nSPS) is 10.0. The molecular formula is C15H24N2O5. The van der Waals surface area contributed by atoms with Gasteiger partial charge in [-0.2, -0.15) is 0 Å². The first kappa shape index (κ1) is 17.9.